The number of primary amides is 1. The molecule has 0 aliphatic carbocycles. The third-order valence-electron chi connectivity index (χ3n) is 3.50. The van der Waals surface area contributed by atoms with Crippen molar-refractivity contribution in [1.29, 1.82) is 0 Å². The van der Waals surface area contributed by atoms with E-state index in [1.54, 1.807) is 12.1 Å². The van der Waals surface area contributed by atoms with E-state index in [4.69, 9.17) is 5.73 Å². The van der Waals surface area contributed by atoms with E-state index in [1.165, 1.54) is 17.7 Å². The van der Waals surface area contributed by atoms with Crippen molar-refractivity contribution < 1.29 is 4.79 Å². The first-order valence-corrected chi connectivity index (χ1v) is 6.76. The summed E-state index contributed by atoms with van der Waals surface area (Å²) in [4.78, 5) is 11.0. The maximum atomic E-state index is 11.0. The summed E-state index contributed by atoms with van der Waals surface area (Å²) < 4.78 is 0. The molecule has 0 unspecified atom stereocenters. The third-order valence-corrected chi connectivity index (χ3v) is 3.50. The van der Waals surface area contributed by atoms with Gasteiger partial charge >= 0.3 is 0 Å². The normalized spacial score (nSPS) is 13.2. The Hall–Kier alpha value is -2.49. The van der Waals surface area contributed by atoms with Crippen LogP contribution in [-0.2, 0) is 6.42 Å². The lowest BCUT2D eigenvalue weighted by molar-refractivity contribution is 0.100. The average molecular weight is 267 g/mol. The lowest BCUT2D eigenvalue weighted by atomic mass is 10.0. The predicted molar refractivity (Wildman–Crippen MR) is 81.5 cm³/mol. The van der Waals surface area contributed by atoms with Gasteiger partial charge in [0.25, 0.3) is 0 Å². The van der Waals surface area contributed by atoms with E-state index in [9.17, 15) is 4.79 Å². The number of nitrogens with two attached hydrogens (primary N) is 1. The van der Waals surface area contributed by atoms with E-state index in [0.29, 0.717) is 5.56 Å². The minimum atomic E-state index is -0.406. The van der Waals surface area contributed by atoms with E-state index in [2.05, 4.69) is 28.8 Å². The topological polar surface area (TPSA) is 67.2 Å². The highest BCUT2D eigenvalue weighted by Gasteiger charge is 2.08. The molecule has 1 amide bonds. The number of carbonyl (C=O) groups is 1. The summed E-state index contributed by atoms with van der Waals surface area (Å²) in [5, 5.41) is 6.73. The van der Waals surface area contributed by atoms with Crippen molar-refractivity contribution in [1.82, 2.24) is 0 Å². The van der Waals surface area contributed by atoms with Crippen LogP contribution < -0.4 is 16.4 Å². The molecule has 2 aromatic carbocycles. The SMILES string of the molecule is NC(=O)c1ccc(Nc2ccc3c(c2)CCCN3)cc1. The molecule has 0 saturated carbocycles. The molecule has 1 aliphatic rings. The zero-order chi connectivity index (χ0) is 13.9. The predicted octanol–water partition coefficient (Wildman–Crippen LogP) is 2.89. The number of amides is 1. The number of carbonyl (C=O) groups excluding carboxylic acids is 1. The van der Waals surface area contributed by atoms with E-state index in [-0.39, 0.29) is 0 Å². The summed E-state index contributed by atoms with van der Waals surface area (Å²) in [6.45, 7) is 1.05. The Morgan fingerprint density at radius 1 is 1.10 bits per heavy atom. The number of benzene rings is 2. The molecule has 4 N–H and O–H groups in total. The molecule has 4 nitrogen and oxygen atoms in total. The van der Waals surface area contributed by atoms with Gasteiger partial charge in [0.05, 0.1) is 0 Å². The lowest BCUT2D eigenvalue weighted by Crippen LogP contribution is -2.11. The first-order valence-electron chi connectivity index (χ1n) is 6.76. The Morgan fingerprint density at radius 3 is 2.60 bits per heavy atom. The number of nitrogens with one attached hydrogen (secondary N) is 2. The van der Waals surface area contributed by atoms with Crippen LogP contribution in [-0.4, -0.2) is 12.5 Å². The zero-order valence-corrected chi connectivity index (χ0v) is 11.1. The second-order valence-corrected chi connectivity index (χ2v) is 4.97. The molecule has 0 bridgehead atoms. The van der Waals surface area contributed by atoms with Crippen molar-refractivity contribution in [2.45, 2.75) is 12.8 Å². The number of hydrogen-bond acceptors (Lipinski definition) is 3. The van der Waals surface area contributed by atoms with Crippen LogP contribution in [0.15, 0.2) is 42.5 Å². The minimum Gasteiger partial charge on any atom is -0.385 e. The number of hydrogen-bond donors (Lipinski definition) is 3. The molecule has 0 fully saturated rings. The van der Waals surface area contributed by atoms with Crippen molar-refractivity contribution >= 4 is 23.0 Å². The second-order valence-electron chi connectivity index (χ2n) is 4.97. The average Bonchev–Trinajstić information content (AvgIpc) is 2.48. The molecule has 0 spiro atoms. The number of aryl methyl sites for hydroxylation is 1. The fraction of sp³-hybridized carbons (Fsp3) is 0.188. The van der Waals surface area contributed by atoms with Crippen LogP contribution in [0.3, 0.4) is 0 Å². The maximum Gasteiger partial charge on any atom is 0.248 e. The molecule has 20 heavy (non-hydrogen) atoms. The van der Waals surface area contributed by atoms with Crippen molar-refractivity contribution in [2.24, 2.45) is 5.73 Å². The van der Waals surface area contributed by atoms with Crippen molar-refractivity contribution in [3.05, 3.63) is 53.6 Å². The molecule has 0 saturated heterocycles. The van der Waals surface area contributed by atoms with Crippen LogP contribution in [0.5, 0.6) is 0 Å². The van der Waals surface area contributed by atoms with Crippen LogP contribution in [0.1, 0.15) is 22.3 Å². The zero-order valence-electron chi connectivity index (χ0n) is 11.1. The lowest BCUT2D eigenvalue weighted by Gasteiger charge is -2.19. The van der Waals surface area contributed by atoms with E-state index >= 15 is 0 Å². The van der Waals surface area contributed by atoms with Crippen LogP contribution in [0.4, 0.5) is 17.1 Å². The maximum absolute atomic E-state index is 11.0. The van der Waals surface area contributed by atoms with Gasteiger partial charge in [0.1, 0.15) is 0 Å². The molecule has 3 rings (SSSR count). The summed E-state index contributed by atoms with van der Waals surface area (Å²) in [5.74, 6) is -0.406. The van der Waals surface area contributed by atoms with Crippen LogP contribution in [0, 0.1) is 0 Å². The smallest absolute Gasteiger partial charge is 0.248 e. The number of rotatable bonds is 3. The van der Waals surface area contributed by atoms with Crippen molar-refractivity contribution in [3.8, 4) is 0 Å². The molecule has 0 atom stereocenters. The summed E-state index contributed by atoms with van der Waals surface area (Å²) >= 11 is 0. The van der Waals surface area contributed by atoms with Gasteiger partial charge in [-0.05, 0) is 60.9 Å². The summed E-state index contributed by atoms with van der Waals surface area (Å²) in [5.41, 5.74) is 10.3. The van der Waals surface area contributed by atoms with Gasteiger partial charge in [-0.25, -0.2) is 0 Å². The Morgan fingerprint density at radius 2 is 1.85 bits per heavy atom. The van der Waals surface area contributed by atoms with Crippen molar-refractivity contribution in [3.63, 3.8) is 0 Å². The Kier molecular flexibility index (Phi) is 3.29. The third kappa shape index (κ3) is 2.59. The summed E-state index contributed by atoms with van der Waals surface area (Å²) in [6.07, 6.45) is 2.28. The van der Waals surface area contributed by atoms with E-state index < -0.39 is 5.91 Å². The summed E-state index contributed by atoms with van der Waals surface area (Å²) in [6, 6.07) is 13.5. The quantitative estimate of drug-likeness (QED) is 0.801. The molecule has 2 aromatic rings. The second kappa shape index (κ2) is 5.25. The van der Waals surface area contributed by atoms with Crippen LogP contribution in [0.2, 0.25) is 0 Å². The van der Waals surface area contributed by atoms with Crippen LogP contribution in [0.25, 0.3) is 0 Å². The highest BCUT2D eigenvalue weighted by Crippen LogP contribution is 2.26. The first kappa shape index (κ1) is 12.5. The highest BCUT2D eigenvalue weighted by atomic mass is 16.1. The highest BCUT2D eigenvalue weighted by molar-refractivity contribution is 5.93. The van der Waals surface area contributed by atoms with Gasteiger partial charge in [-0.15, -0.1) is 0 Å². The van der Waals surface area contributed by atoms with Gasteiger partial charge < -0.3 is 16.4 Å². The Bertz CT molecular complexity index is 635. The fourth-order valence-corrected chi connectivity index (χ4v) is 2.44. The molecular weight excluding hydrogens is 250 g/mol. The molecule has 0 aromatic heterocycles. The molecule has 102 valence electrons. The van der Waals surface area contributed by atoms with Gasteiger partial charge in [-0.1, -0.05) is 0 Å². The van der Waals surface area contributed by atoms with Gasteiger partial charge in [0, 0.05) is 29.2 Å². The summed E-state index contributed by atoms with van der Waals surface area (Å²) in [7, 11) is 0. The van der Waals surface area contributed by atoms with E-state index in [1.807, 2.05) is 12.1 Å². The Labute approximate surface area is 118 Å². The largest absolute Gasteiger partial charge is 0.385 e. The van der Waals surface area contributed by atoms with Gasteiger partial charge in [-0.2, -0.15) is 0 Å². The molecule has 4 heteroatoms. The van der Waals surface area contributed by atoms with Gasteiger partial charge in [0.15, 0.2) is 0 Å². The number of fused-ring (bicyclic) bond motifs is 1. The number of anilines is 3. The van der Waals surface area contributed by atoms with Gasteiger partial charge in [-0.3, -0.25) is 4.79 Å². The molecule has 1 aliphatic heterocycles. The van der Waals surface area contributed by atoms with Gasteiger partial charge in [0.2, 0.25) is 5.91 Å². The van der Waals surface area contributed by atoms with Crippen molar-refractivity contribution in [2.75, 3.05) is 17.2 Å². The molecule has 0 radical (unpaired) electrons. The molecule has 1 heterocycles. The fourth-order valence-electron chi connectivity index (χ4n) is 2.44. The molecular formula is C16H17N3O. The van der Waals surface area contributed by atoms with Crippen LogP contribution >= 0.6 is 0 Å². The first-order chi connectivity index (χ1) is 9.72. The Balaban J connectivity index is 1.78. The van der Waals surface area contributed by atoms with E-state index in [0.717, 1.165) is 24.3 Å². The standard InChI is InChI=1S/C16H17N3O/c17-16(20)11-3-5-13(6-4-11)19-14-7-8-15-12(10-14)2-1-9-18-15/h3-8,10,18-19H,1-2,9H2,(H2,17,20). The minimum absolute atomic E-state index is 0.406. The monoisotopic (exact) mass is 267 g/mol.